The van der Waals surface area contributed by atoms with E-state index in [1.807, 2.05) is 39.1 Å². The Hall–Kier alpha value is -3.28. The van der Waals surface area contributed by atoms with Crippen LogP contribution in [0.2, 0.25) is 0 Å². The van der Waals surface area contributed by atoms with Gasteiger partial charge in [-0.15, -0.1) is 6.58 Å². The molecule has 6 nitrogen and oxygen atoms in total. The average molecular weight is 413 g/mol. The van der Waals surface area contributed by atoms with Crippen molar-refractivity contribution >= 4 is 18.4 Å². The molecule has 0 atom stereocenters. The molecule has 0 unspecified atom stereocenters. The minimum absolute atomic E-state index is 0.189. The van der Waals surface area contributed by atoms with Gasteiger partial charge in [-0.05, 0) is 39.3 Å². The van der Waals surface area contributed by atoms with Crippen LogP contribution in [0.3, 0.4) is 0 Å². The number of carbonyl (C=O) groups excluding carboxylic acids is 2. The van der Waals surface area contributed by atoms with Gasteiger partial charge in [0.25, 0.3) is 5.91 Å². The second-order valence-corrected chi connectivity index (χ2v) is 6.13. The minimum atomic E-state index is -0.189. The molecule has 2 rings (SSSR count). The van der Waals surface area contributed by atoms with Crippen molar-refractivity contribution in [3.05, 3.63) is 78.2 Å². The van der Waals surface area contributed by atoms with E-state index in [1.165, 1.54) is 11.1 Å². The molecule has 1 heterocycles. The maximum atomic E-state index is 11.6. The third kappa shape index (κ3) is 14.7. The normalized spacial score (nSPS) is 9.87. The molecular weight excluding hydrogens is 376 g/mol. The number of aromatic nitrogens is 2. The number of aryl methyl sites for hydroxylation is 3. The van der Waals surface area contributed by atoms with Crippen molar-refractivity contribution in [1.29, 1.82) is 0 Å². The monoisotopic (exact) mass is 412 g/mol. The standard InChI is InChI=1S/C11H16N4O.C8H10.C4H8.CH2O/c1-4-5-10(12-2)11(16)13-8-9-6-7-15(3)14-9;1-7-4-3-5-8(2)6-7;1-3-4-2;1-2/h4-7H,8H2,1-3H3,(H,13,16);3-6H,1-2H3;3H,1,4H2,2H3;1H2/b5-4-,12-10?;;;. The van der Waals surface area contributed by atoms with E-state index in [4.69, 9.17) is 4.79 Å². The molecule has 0 aliphatic carbocycles. The quantitative estimate of drug-likeness (QED) is 0.585. The number of aliphatic imine (C=N–C) groups is 1. The van der Waals surface area contributed by atoms with Crippen LogP contribution < -0.4 is 5.32 Å². The molecule has 0 aliphatic heterocycles. The number of rotatable bonds is 5. The largest absolute Gasteiger partial charge is 0.345 e. The number of nitrogens with zero attached hydrogens (tertiary/aromatic N) is 3. The Morgan fingerprint density at radius 3 is 2.13 bits per heavy atom. The lowest BCUT2D eigenvalue weighted by Gasteiger charge is -2.02. The molecule has 0 saturated heterocycles. The van der Waals surface area contributed by atoms with Crippen molar-refractivity contribution < 1.29 is 9.59 Å². The van der Waals surface area contributed by atoms with E-state index in [2.05, 4.69) is 67.0 Å². The van der Waals surface area contributed by atoms with E-state index in [-0.39, 0.29) is 5.91 Å². The maximum absolute atomic E-state index is 11.6. The van der Waals surface area contributed by atoms with Crippen LogP contribution in [0, 0.1) is 13.8 Å². The maximum Gasteiger partial charge on any atom is 0.269 e. The summed E-state index contributed by atoms with van der Waals surface area (Å²) in [5.74, 6) is -0.189. The van der Waals surface area contributed by atoms with E-state index >= 15 is 0 Å². The molecule has 30 heavy (non-hydrogen) atoms. The summed E-state index contributed by atoms with van der Waals surface area (Å²) in [7, 11) is 3.43. The first kappa shape index (κ1) is 28.9. The molecule has 0 saturated carbocycles. The lowest BCUT2D eigenvalue weighted by molar-refractivity contribution is -0.114. The summed E-state index contributed by atoms with van der Waals surface area (Å²) in [6.07, 6.45) is 8.25. The average Bonchev–Trinajstić information content (AvgIpc) is 3.17. The summed E-state index contributed by atoms with van der Waals surface area (Å²) in [4.78, 5) is 23.5. The summed E-state index contributed by atoms with van der Waals surface area (Å²) in [5, 5.41) is 6.91. The van der Waals surface area contributed by atoms with Gasteiger partial charge in [0.15, 0.2) is 0 Å². The van der Waals surface area contributed by atoms with Gasteiger partial charge in [0.1, 0.15) is 12.5 Å². The predicted octanol–water partition coefficient (Wildman–Crippen LogP) is 4.38. The number of allylic oxidation sites excluding steroid dienone is 2. The molecule has 2 aromatic rings. The zero-order chi connectivity index (χ0) is 23.4. The molecule has 6 heteroatoms. The van der Waals surface area contributed by atoms with Gasteiger partial charge in [-0.2, -0.15) is 5.10 Å². The van der Waals surface area contributed by atoms with Crippen LogP contribution >= 0.6 is 0 Å². The third-order valence-electron chi connectivity index (χ3n) is 3.46. The Balaban J connectivity index is 0. The van der Waals surface area contributed by atoms with Crippen molar-refractivity contribution in [2.24, 2.45) is 12.0 Å². The molecule has 0 bridgehead atoms. The molecule has 0 spiro atoms. The molecule has 0 fully saturated rings. The first-order chi connectivity index (χ1) is 14.4. The van der Waals surface area contributed by atoms with Crippen LogP contribution in [-0.4, -0.2) is 35.2 Å². The van der Waals surface area contributed by atoms with E-state index < -0.39 is 0 Å². The first-order valence-electron chi connectivity index (χ1n) is 9.67. The van der Waals surface area contributed by atoms with Crippen molar-refractivity contribution in [2.45, 2.75) is 40.7 Å². The molecule has 1 aromatic carbocycles. The number of benzene rings is 1. The van der Waals surface area contributed by atoms with Crippen LogP contribution in [0.4, 0.5) is 0 Å². The van der Waals surface area contributed by atoms with Gasteiger partial charge in [0.05, 0.1) is 12.2 Å². The van der Waals surface area contributed by atoms with Gasteiger partial charge in [-0.1, -0.05) is 54.5 Å². The predicted molar refractivity (Wildman–Crippen MR) is 127 cm³/mol. The van der Waals surface area contributed by atoms with Crippen LogP contribution in [0.15, 0.2) is 66.3 Å². The van der Waals surface area contributed by atoms with Gasteiger partial charge >= 0.3 is 0 Å². The van der Waals surface area contributed by atoms with Gasteiger partial charge in [0, 0.05) is 20.3 Å². The highest BCUT2D eigenvalue weighted by Gasteiger charge is 2.07. The summed E-state index contributed by atoms with van der Waals surface area (Å²) < 4.78 is 1.70. The van der Waals surface area contributed by atoms with Crippen LogP contribution in [0.5, 0.6) is 0 Å². The highest BCUT2D eigenvalue weighted by atomic mass is 16.1. The summed E-state index contributed by atoms with van der Waals surface area (Å²) in [6.45, 7) is 14.0. The first-order valence-corrected chi connectivity index (χ1v) is 9.67. The minimum Gasteiger partial charge on any atom is -0.345 e. The number of carbonyl (C=O) groups is 2. The van der Waals surface area contributed by atoms with Gasteiger partial charge in [0.2, 0.25) is 0 Å². The van der Waals surface area contributed by atoms with Crippen molar-refractivity contribution in [2.75, 3.05) is 7.05 Å². The lowest BCUT2D eigenvalue weighted by atomic mass is 10.2. The zero-order valence-electron chi connectivity index (χ0n) is 19.2. The fourth-order valence-electron chi connectivity index (χ4n) is 2.04. The third-order valence-corrected chi connectivity index (χ3v) is 3.46. The summed E-state index contributed by atoms with van der Waals surface area (Å²) >= 11 is 0. The Morgan fingerprint density at radius 1 is 1.23 bits per heavy atom. The van der Waals surface area contributed by atoms with E-state index in [0.717, 1.165) is 12.1 Å². The van der Waals surface area contributed by atoms with Crippen LogP contribution in [-0.2, 0) is 23.2 Å². The van der Waals surface area contributed by atoms with Crippen LogP contribution in [0.25, 0.3) is 0 Å². The summed E-state index contributed by atoms with van der Waals surface area (Å²) in [5.41, 5.74) is 3.92. The smallest absolute Gasteiger partial charge is 0.269 e. The van der Waals surface area contributed by atoms with Gasteiger partial charge < -0.3 is 10.1 Å². The second kappa shape index (κ2) is 19.1. The summed E-state index contributed by atoms with van der Waals surface area (Å²) in [6, 6.07) is 10.3. The molecule has 1 aromatic heterocycles. The molecular formula is C24H36N4O2. The molecule has 1 N–H and O–H groups in total. The van der Waals surface area contributed by atoms with Gasteiger partial charge in [-0.25, -0.2) is 0 Å². The molecule has 0 aliphatic rings. The second-order valence-electron chi connectivity index (χ2n) is 6.13. The van der Waals surface area contributed by atoms with E-state index in [9.17, 15) is 4.79 Å². The Labute approximate surface area is 181 Å². The van der Waals surface area contributed by atoms with Crippen molar-refractivity contribution in [3.63, 3.8) is 0 Å². The number of hydrogen-bond acceptors (Lipinski definition) is 4. The van der Waals surface area contributed by atoms with E-state index in [1.54, 1.807) is 23.9 Å². The zero-order valence-corrected chi connectivity index (χ0v) is 19.2. The van der Waals surface area contributed by atoms with Gasteiger partial charge in [-0.3, -0.25) is 14.5 Å². The Morgan fingerprint density at radius 2 is 1.80 bits per heavy atom. The van der Waals surface area contributed by atoms with Crippen molar-refractivity contribution in [1.82, 2.24) is 15.1 Å². The Kier molecular flexibility index (Phi) is 18.4. The fourth-order valence-corrected chi connectivity index (χ4v) is 2.04. The molecule has 1 amide bonds. The SMILES string of the molecule is C/C=C\C(=NC)C(=O)NCc1ccn(C)n1.C=CCC.C=O.Cc1cccc(C)c1. The number of nitrogens with one attached hydrogen (secondary N) is 1. The molecule has 164 valence electrons. The number of hydrogen-bond donors (Lipinski definition) is 1. The number of amides is 1. The highest BCUT2D eigenvalue weighted by Crippen LogP contribution is 2.00. The van der Waals surface area contributed by atoms with E-state index in [0.29, 0.717) is 12.3 Å². The Bertz CT molecular complexity index is 775. The highest BCUT2D eigenvalue weighted by molar-refractivity contribution is 6.43. The fraction of sp³-hybridized carbons (Fsp3) is 0.333. The topological polar surface area (TPSA) is 76.3 Å². The molecule has 0 radical (unpaired) electrons. The van der Waals surface area contributed by atoms with Crippen molar-refractivity contribution in [3.8, 4) is 0 Å². The van der Waals surface area contributed by atoms with Crippen LogP contribution in [0.1, 0.15) is 37.1 Å². The lowest BCUT2D eigenvalue weighted by Crippen LogP contribution is -2.29.